The lowest BCUT2D eigenvalue weighted by Crippen LogP contribution is -2.33. The highest BCUT2D eigenvalue weighted by Crippen LogP contribution is 2.11. The number of hydrogen-bond donors (Lipinski definition) is 5. The highest BCUT2D eigenvalue weighted by atomic mass is 32.2. The van der Waals surface area contributed by atoms with Gasteiger partial charge in [0.05, 0.1) is 11.5 Å². The Bertz CT molecular complexity index is 439. The maximum absolute atomic E-state index is 5.00. The zero-order valence-corrected chi connectivity index (χ0v) is 16.5. The molecule has 130 valence electrons. The van der Waals surface area contributed by atoms with Crippen LogP contribution in [0.25, 0.3) is 0 Å². The van der Waals surface area contributed by atoms with Crippen LogP contribution in [0.3, 0.4) is 0 Å². The number of hydrogen-bond acceptors (Lipinski definition) is 6. The predicted octanol–water partition coefficient (Wildman–Crippen LogP) is 0.459. The molecule has 0 radical (unpaired) electrons. The molecule has 5 N–H and O–H groups in total. The molecule has 0 saturated carbocycles. The van der Waals surface area contributed by atoms with Crippen LogP contribution in [0.5, 0.6) is 0 Å². The van der Waals surface area contributed by atoms with Crippen molar-refractivity contribution >= 4 is 58.2 Å². The number of H-pyrrole nitrogens is 1. The second-order valence-electron chi connectivity index (χ2n) is 4.32. The Hall–Kier alpha value is -0.780. The molecule has 0 fully saturated rings. The first-order valence-electron chi connectivity index (χ1n) is 7.12. The van der Waals surface area contributed by atoms with E-state index in [4.69, 9.17) is 24.4 Å². The molecule has 1 rings (SSSR count). The number of rotatable bonds is 10. The Labute approximate surface area is 156 Å². The quantitative estimate of drug-likeness (QED) is 0.285. The minimum Gasteiger partial charge on any atom is -0.366 e. The molecule has 7 nitrogen and oxygen atoms in total. The van der Waals surface area contributed by atoms with E-state index in [1.165, 1.54) is 0 Å². The van der Waals surface area contributed by atoms with Crippen molar-refractivity contribution in [1.82, 2.24) is 36.4 Å². The summed E-state index contributed by atoms with van der Waals surface area (Å²) in [5.74, 6) is 5.30. The van der Waals surface area contributed by atoms with E-state index in [1.54, 1.807) is 30.6 Å². The van der Waals surface area contributed by atoms with Gasteiger partial charge in [0.1, 0.15) is 5.82 Å². The van der Waals surface area contributed by atoms with Gasteiger partial charge < -0.3 is 21.3 Å². The molecule has 0 atom stereocenters. The van der Waals surface area contributed by atoms with E-state index in [-0.39, 0.29) is 0 Å². The summed E-state index contributed by atoms with van der Waals surface area (Å²) >= 11 is 13.6. The smallest absolute Gasteiger partial charge is 0.166 e. The molecular formula is C12H23N7S4. The Morgan fingerprint density at radius 3 is 2.13 bits per heavy atom. The predicted molar refractivity (Wildman–Crippen MR) is 108 cm³/mol. The number of aromatic nitrogens is 3. The molecule has 0 amide bonds. The molecule has 1 heterocycles. The molecular weight excluding hydrogens is 370 g/mol. The van der Waals surface area contributed by atoms with Crippen LogP contribution in [0, 0.1) is 0 Å². The van der Waals surface area contributed by atoms with Gasteiger partial charge in [-0.05, 0) is 24.4 Å². The average Bonchev–Trinajstić information content (AvgIpc) is 3.01. The van der Waals surface area contributed by atoms with Crippen molar-refractivity contribution in [3.05, 3.63) is 11.6 Å². The molecule has 1 aromatic heterocycles. The van der Waals surface area contributed by atoms with E-state index in [0.29, 0.717) is 10.2 Å². The fraction of sp³-hybridized carbons (Fsp3) is 0.667. The minimum absolute atomic E-state index is 0.674. The zero-order valence-electron chi connectivity index (χ0n) is 13.3. The summed E-state index contributed by atoms with van der Waals surface area (Å²) in [5, 5.41) is 20.5. The maximum Gasteiger partial charge on any atom is 0.166 e. The molecule has 0 aliphatic rings. The van der Waals surface area contributed by atoms with Crippen molar-refractivity contribution in [2.75, 3.05) is 38.7 Å². The van der Waals surface area contributed by atoms with Crippen LogP contribution in [0.2, 0.25) is 0 Å². The highest BCUT2D eigenvalue weighted by molar-refractivity contribution is 7.98. The summed E-state index contributed by atoms with van der Waals surface area (Å²) in [6.45, 7) is 1.67. The Balaban J connectivity index is 2.07. The first kappa shape index (κ1) is 20.3. The summed E-state index contributed by atoms with van der Waals surface area (Å²) in [4.78, 5) is 4.48. The summed E-state index contributed by atoms with van der Waals surface area (Å²) in [5.41, 5.74) is 0. The van der Waals surface area contributed by atoms with Crippen molar-refractivity contribution in [1.29, 1.82) is 0 Å². The van der Waals surface area contributed by atoms with E-state index in [2.05, 4.69) is 36.4 Å². The average molecular weight is 394 g/mol. The van der Waals surface area contributed by atoms with Gasteiger partial charge >= 0.3 is 0 Å². The van der Waals surface area contributed by atoms with Gasteiger partial charge in [-0.2, -0.15) is 28.6 Å². The number of nitrogens with one attached hydrogen (secondary N) is 5. The van der Waals surface area contributed by atoms with Crippen LogP contribution in [0.4, 0.5) is 0 Å². The molecule has 11 heteroatoms. The Morgan fingerprint density at radius 2 is 1.57 bits per heavy atom. The maximum atomic E-state index is 5.00. The molecule has 0 aromatic carbocycles. The van der Waals surface area contributed by atoms with Gasteiger partial charge in [0.15, 0.2) is 16.0 Å². The van der Waals surface area contributed by atoms with Crippen LogP contribution in [0.15, 0.2) is 0 Å². The van der Waals surface area contributed by atoms with Crippen LogP contribution in [0.1, 0.15) is 11.6 Å². The summed E-state index contributed by atoms with van der Waals surface area (Å²) in [7, 11) is 3.61. The topological polar surface area (TPSA) is 89.7 Å². The Morgan fingerprint density at radius 1 is 1.00 bits per heavy atom. The van der Waals surface area contributed by atoms with Crippen LogP contribution < -0.4 is 21.3 Å². The van der Waals surface area contributed by atoms with Crippen LogP contribution in [-0.2, 0) is 11.5 Å². The van der Waals surface area contributed by atoms with Crippen LogP contribution in [-0.4, -0.2) is 64.1 Å². The lowest BCUT2D eigenvalue weighted by atomic mass is 10.7. The minimum atomic E-state index is 0.674. The van der Waals surface area contributed by atoms with Crippen molar-refractivity contribution in [3.8, 4) is 0 Å². The summed E-state index contributed by atoms with van der Waals surface area (Å²) in [6, 6.07) is 0. The normalized spacial score (nSPS) is 10.2. The van der Waals surface area contributed by atoms with Crippen molar-refractivity contribution < 1.29 is 0 Å². The van der Waals surface area contributed by atoms with E-state index >= 15 is 0 Å². The fourth-order valence-corrected chi connectivity index (χ4v) is 3.07. The van der Waals surface area contributed by atoms with E-state index in [0.717, 1.165) is 47.7 Å². The second kappa shape index (κ2) is 12.6. The lowest BCUT2D eigenvalue weighted by molar-refractivity contribution is 0.940. The number of aromatic amines is 1. The van der Waals surface area contributed by atoms with Gasteiger partial charge in [0, 0.05) is 38.7 Å². The van der Waals surface area contributed by atoms with E-state index in [9.17, 15) is 0 Å². The largest absolute Gasteiger partial charge is 0.366 e. The molecule has 0 unspecified atom stereocenters. The molecule has 23 heavy (non-hydrogen) atoms. The van der Waals surface area contributed by atoms with Crippen molar-refractivity contribution in [2.24, 2.45) is 0 Å². The van der Waals surface area contributed by atoms with Gasteiger partial charge in [-0.1, -0.05) is 0 Å². The molecule has 0 bridgehead atoms. The highest BCUT2D eigenvalue weighted by Gasteiger charge is 2.03. The lowest BCUT2D eigenvalue weighted by Gasteiger charge is -2.05. The molecule has 1 aromatic rings. The van der Waals surface area contributed by atoms with Gasteiger partial charge in [0.2, 0.25) is 0 Å². The molecule has 0 aliphatic carbocycles. The molecule has 0 aliphatic heterocycles. The molecule has 0 spiro atoms. The van der Waals surface area contributed by atoms with Crippen molar-refractivity contribution in [3.63, 3.8) is 0 Å². The first-order chi connectivity index (χ1) is 11.2. The first-order valence-corrected chi connectivity index (χ1v) is 10.2. The monoisotopic (exact) mass is 393 g/mol. The third-order valence-electron chi connectivity index (χ3n) is 2.57. The number of thioether (sulfide) groups is 2. The summed E-state index contributed by atoms with van der Waals surface area (Å²) < 4.78 is 0. The second-order valence-corrected chi connectivity index (χ2v) is 7.34. The van der Waals surface area contributed by atoms with Gasteiger partial charge in [-0.3, -0.25) is 5.10 Å². The van der Waals surface area contributed by atoms with Gasteiger partial charge in [-0.25, -0.2) is 4.98 Å². The van der Waals surface area contributed by atoms with Gasteiger partial charge in [0.25, 0.3) is 0 Å². The molecule has 0 saturated heterocycles. The SMILES string of the molecule is CNC(=S)NCCSCc1n[nH]c(CSCCNC(=S)NC)n1. The van der Waals surface area contributed by atoms with Crippen molar-refractivity contribution in [2.45, 2.75) is 11.5 Å². The third kappa shape index (κ3) is 9.84. The fourth-order valence-electron chi connectivity index (χ4n) is 1.45. The summed E-state index contributed by atoms with van der Waals surface area (Å²) in [6.07, 6.45) is 0. The number of nitrogens with zero attached hydrogens (tertiary/aromatic N) is 2. The van der Waals surface area contributed by atoms with E-state index < -0.39 is 0 Å². The van der Waals surface area contributed by atoms with E-state index in [1.807, 2.05) is 7.05 Å². The standard InChI is InChI=1S/C12H23N7S4/c1-13-11(20)15-3-5-22-7-9-17-10(19-18-9)8-23-6-4-16-12(21)14-2/h3-8H2,1-2H3,(H2,13,15,20)(H2,14,16,21)(H,17,18,19). The Kier molecular flexibility index (Phi) is 11.1. The zero-order chi connectivity index (χ0) is 16.9. The van der Waals surface area contributed by atoms with Gasteiger partial charge in [-0.15, -0.1) is 0 Å². The van der Waals surface area contributed by atoms with Crippen LogP contribution >= 0.6 is 48.0 Å². The number of thiocarbonyl (C=S) groups is 2. The third-order valence-corrected chi connectivity index (χ3v) is 5.19.